The van der Waals surface area contributed by atoms with Crippen molar-refractivity contribution in [2.45, 2.75) is 20.3 Å². The van der Waals surface area contributed by atoms with E-state index in [1.165, 1.54) is 0 Å². The Morgan fingerprint density at radius 1 is 1.31 bits per heavy atom. The zero-order valence-electron chi connectivity index (χ0n) is 8.88. The average molecular weight is 177 g/mol. The Labute approximate surface area is 81.8 Å². The summed E-state index contributed by atoms with van der Waals surface area (Å²) in [6.07, 6.45) is 9.15. The third kappa shape index (κ3) is 5.07. The van der Waals surface area contributed by atoms with Gasteiger partial charge >= 0.3 is 0 Å². The van der Waals surface area contributed by atoms with Crippen molar-refractivity contribution < 1.29 is 0 Å². The summed E-state index contributed by atoms with van der Waals surface area (Å²) in [4.78, 5) is 1.95. The minimum Gasteiger partial charge on any atom is -0.350 e. The van der Waals surface area contributed by atoms with E-state index in [9.17, 15) is 0 Å². The zero-order valence-corrected chi connectivity index (χ0v) is 8.88. The summed E-state index contributed by atoms with van der Waals surface area (Å²) >= 11 is 0. The van der Waals surface area contributed by atoms with Crippen LogP contribution in [0.25, 0.3) is 0 Å². The van der Waals surface area contributed by atoms with E-state index in [0.717, 1.165) is 17.8 Å². The predicted molar refractivity (Wildman–Crippen MR) is 60.3 cm³/mol. The number of allylic oxidation sites excluding steroid dienone is 5. The van der Waals surface area contributed by atoms with Gasteiger partial charge in [0.05, 0.1) is 0 Å². The molecule has 0 aliphatic heterocycles. The van der Waals surface area contributed by atoms with Crippen molar-refractivity contribution in [3.63, 3.8) is 0 Å². The van der Waals surface area contributed by atoms with Gasteiger partial charge in [0.15, 0.2) is 0 Å². The zero-order chi connectivity index (χ0) is 10.3. The van der Waals surface area contributed by atoms with Crippen molar-refractivity contribution in [2.75, 3.05) is 7.05 Å². The Morgan fingerprint density at radius 3 is 2.38 bits per heavy atom. The maximum Gasteiger partial charge on any atom is 0.0332 e. The van der Waals surface area contributed by atoms with Crippen molar-refractivity contribution in [2.24, 2.45) is 0 Å². The fraction of sp³-hybridized carbons (Fsp3) is 0.333. The molecule has 0 radical (unpaired) electrons. The molecule has 0 aromatic heterocycles. The van der Waals surface area contributed by atoms with Crippen molar-refractivity contribution >= 4 is 0 Å². The number of likely N-dealkylation sites (N-methyl/N-ethyl adjacent to an activating group) is 1. The lowest BCUT2D eigenvalue weighted by atomic mass is 10.3. The molecular formula is C12H19N. The first-order valence-corrected chi connectivity index (χ1v) is 4.51. The lowest BCUT2D eigenvalue weighted by molar-refractivity contribution is 0.542. The van der Waals surface area contributed by atoms with Gasteiger partial charge in [-0.2, -0.15) is 0 Å². The van der Waals surface area contributed by atoms with Gasteiger partial charge in [0, 0.05) is 18.4 Å². The van der Waals surface area contributed by atoms with Gasteiger partial charge < -0.3 is 4.90 Å². The molecule has 0 spiro atoms. The fourth-order valence-electron chi connectivity index (χ4n) is 0.738. The molecule has 1 nitrogen and oxygen atoms in total. The first kappa shape index (κ1) is 11.8. The summed E-state index contributed by atoms with van der Waals surface area (Å²) in [5.41, 5.74) is 1.95. The monoisotopic (exact) mass is 177 g/mol. The van der Waals surface area contributed by atoms with Crippen LogP contribution in [0.15, 0.2) is 48.9 Å². The van der Waals surface area contributed by atoms with Crippen LogP contribution < -0.4 is 0 Å². The number of nitrogens with zero attached hydrogens (tertiary/aromatic N) is 1. The first-order valence-electron chi connectivity index (χ1n) is 4.51. The van der Waals surface area contributed by atoms with E-state index in [-0.39, 0.29) is 0 Å². The Balaban J connectivity index is 4.07. The molecule has 0 bridgehead atoms. The van der Waals surface area contributed by atoms with E-state index in [4.69, 9.17) is 0 Å². The molecule has 0 heterocycles. The van der Waals surface area contributed by atoms with Crippen molar-refractivity contribution in [1.82, 2.24) is 4.90 Å². The normalized spacial score (nSPS) is 11.0. The highest BCUT2D eigenvalue weighted by molar-refractivity contribution is 5.20. The highest BCUT2D eigenvalue weighted by Crippen LogP contribution is 2.06. The molecule has 0 rings (SSSR count). The number of hydrogen-bond donors (Lipinski definition) is 0. The molecular weight excluding hydrogens is 158 g/mol. The van der Waals surface area contributed by atoms with Crippen LogP contribution in [0.4, 0.5) is 0 Å². The number of rotatable bonds is 5. The summed E-state index contributed by atoms with van der Waals surface area (Å²) in [6, 6.07) is 0. The Bertz CT molecular complexity index is 234. The predicted octanol–water partition coefficient (Wildman–Crippen LogP) is 3.49. The van der Waals surface area contributed by atoms with E-state index < -0.39 is 0 Å². The lowest BCUT2D eigenvalue weighted by Gasteiger charge is -2.18. The van der Waals surface area contributed by atoms with Crippen LogP contribution in [0, 0.1) is 0 Å². The molecule has 0 aliphatic rings. The van der Waals surface area contributed by atoms with E-state index in [1.54, 1.807) is 0 Å². The van der Waals surface area contributed by atoms with Gasteiger partial charge in [0.25, 0.3) is 0 Å². The van der Waals surface area contributed by atoms with Gasteiger partial charge in [0.2, 0.25) is 0 Å². The smallest absolute Gasteiger partial charge is 0.0332 e. The maximum atomic E-state index is 3.92. The molecule has 0 amide bonds. The van der Waals surface area contributed by atoms with Gasteiger partial charge in [-0.05, 0) is 19.4 Å². The Kier molecular flexibility index (Phi) is 5.69. The van der Waals surface area contributed by atoms with E-state index in [1.807, 2.05) is 37.1 Å². The van der Waals surface area contributed by atoms with Gasteiger partial charge in [-0.25, -0.2) is 0 Å². The molecule has 0 aromatic rings. The molecule has 0 fully saturated rings. The molecule has 0 atom stereocenters. The van der Waals surface area contributed by atoms with Crippen LogP contribution in [0.5, 0.6) is 0 Å². The summed E-state index contributed by atoms with van der Waals surface area (Å²) in [5, 5.41) is 0. The Morgan fingerprint density at radius 2 is 1.92 bits per heavy atom. The van der Waals surface area contributed by atoms with Crippen molar-refractivity contribution in [3.8, 4) is 0 Å². The molecule has 1 heteroatoms. The summed E-state index contributed by atoms with van der Waals surface area (Å²) in [6.45, 7) is 11.8. The van der Waals surface area contributed by atoms with E-state index in [2.05, 4.69) is 26.2 Å². The minimum atomic E-state index is 0.952. The topological polar surface area (TPSA) is 3.24 Å². The molecule has 0 unspecified atom stereocenters. The van der Waals surface area contributed by atoms with Crippen LogP contribution in [0.2, 0.25) is 0 Å². The number of hydrogen-bond acceptors (Lipinski definition) is 1. The largest absolute Gasteiger partial charge is 0.350 e. The van der Waals surface area contributed by atoms with Crippen LogP contribution in [0.1, 0.15) is 20.3 Å². The highest BCUT2D eigenvalue weighted by Gasteiger charge is 1.96. The second-order valence-corrected chi connectivity index (χ2v) is 2.98. The standard InChI is InChI=1S/C12H19N/c1-6-7-8-9-10-12(4)13(5)11(2)3/h7-10H,2,4,6H2,1,3,5H3/b8-7-,10-9-. The van der Waals surface area contributed by atoms with Crippen molar-refractivity contribution in [1.29, 1.82) is 0 Å². The molecule has 0 aromatic carbocycles. The van der Waals surface area contributed by atoms with Crippen LogP contribution in [-0.4, -0.2) is 11.9 Å². The van der Waals surface area contributed by atoms with Crippen molar-refractivity contribution in [3.05, 3.63) is 48.9 Å². The van der Waals surface area contributed by atoms with Gasteiger partial charge in [-0.1, -0.05) is 38.3 Å². The van der Waals surface area contributed by atoms with E-state index in [0.29, 0.717) is 0 Å². The average Bonchev–Trinajstić information content (AvgIpc) is 2.10. The van der Waals surface area contributed by atoms with Gasteiger partial charge in [-0.15, -0.1) is 0 Å². The second-order valence-electron chi connectivity index (χ2n) is 2.98. The van der Waals surface area contributed by atoms with E-state index >= 15 is 0 Å². The summed E-state index contributed by atoms with van der Waals surface area (Å²) < 4.78 is 0. The SMILES string of the molecule is C=C(C)N(C)C(=C)/C=C\C=C/CC. The molecule has 0 N–H and O–H groups in total. The molecule has 0 saturated heterocycles. The second kappa shape index (κ2) is 6.30. The molecule has 0 saturated carbocycles. The minimum absolute atomic E-state index is 0.952. The van der Waals surface area contributed by atoms with Crippen LogP contribution >= 0.6 is 0 Å². The molecule has 0 aliphatic carbocycles. The third-order valence-electron chi connectivity index (χ3n) is 1.77. The Hall–Kier alpha value is -1.24. The fourth-order valence-corrected chi connectivity index (χ4v) is 0.738. The third-order valence-corrected chi connectivity index (χ3v) is 1.77. The summed E-state index contributed by atoms with van der Waals surface area (Å²) in [5.74, 6) is 0. The highest BCUT2D eigenvalue weighted by atomic mass is 15.1. The maximum absolute atomic E-state index is 3.92. The quantitative estimate of drug-likeness (QED) is 0.581. The summed E-state index contributed by atoms with van der Waals surface area (Å²) in [7, 11) is 1.96. The van der Waals surface area contributed by atoms with Crippen LogP contribution in [-0.2, 0) is 0 Å². The molecule has 72 valence electrons. The molecule has 13 heavy (non-hydrogen) atoms. The van der Waals surface area contributed by atoms with Gasteiger partial charge in [-0.3, -0.25) is 0 Å². The van der Waals surface area contributed by atoms with Gasteiger partial charge in [0.1, 0.15) is 0 Å². The lowest BCUT2D eigenvalue weighted by Crippen LogP contribution is -2.11. The first-order chi connectivity index (χ1) is 6.09. The van der Waals surface area contributed by atoms with Crippen LogP contribution in [0.3, 0.4) is 0 Å².